The minimum Gasteiger partial charge on any atom is -0.327 e. The highest BCUT2D eigenvalue weighted by Gasteiger charge is 2.23. The fourth-order valence-electron chi connectivity index (χ4n) is 4.29. The Balaban J connectivity index is 2.33. The van der Waals surface area contributed by atoms with Gasteiger partial charge in [0, 0.05) is 12.2 Å². The number of hydrogen-bond donors (Lipinski definition) is 1. The first-order valence-corrected chi connectivity index (χ1v) is 10.7. The fourth-order valence-corrected chi connectivity index (χ4v) is 4.29. The van der Waals surface area contributed by atoms with Crippen molar-refractivity contribution in [2.75, 3.05) is 6.54 Å². The minimum atomic E-state index is 0.297. The molecule has 1 aliphatic rings. The summed E-state index contributed by atoms with van der Waals surface area (Å²) in [7, 11) is 0. The topological polar surface area (TPSA) is 62.7 Å². The number of nitrogens with two attached hydrogens (primary N) is 1. The number of aromatic nitrogens is 1. The second-order valence-electron chi connectivity index (χ2n) is 8.33. The van der Waals surface area contributed by atoms with Crippen LogP contribution in [0.15, 0.2) is 48.6 Å². The zero-order valence-electron chi connectivity index (χ0n) is 18.5. The van der Waals surface area contributed by atoms with E-state index >= 15 is 0 Å². The molecule has 3 unspecified atom stereocenters. The molecule has 1 heterocycles. The van der Waals surface area contributed by atoms with Crippen molar-refractivity contribution in [2.45, 2.75) is 53.4 Å². The molecule has 2 N–H and O–H groups in total. The summed E-state index contributed by atoms with van der Waals surface area (Å²) >= 11 is 0. The maximum Gasteiger partial charge on any atom is 0.0995 e. The average Bonchev–Trinajstić information content (AvgIpc) is 2.71. The molecular formula is C26H35N3. The monoisotopic (exact) mass is 389 g/mol. The van der Waals surface area contributed by atoms with Gasteiger partial charge in [-0.25, -0.2) is 0 Å². The smallest absolute Gasteiger partial charge is 0.0995 e. The van der Waals surface area contributed by atoms with Crippen LogP contribution in [0.3, 0.4) is 0 Å². The molecule has 1 aromatic heterocycles. The van der Waals surface area contributed by atoms with Gasteiger partial charge in [-0.15, -0.1) is 0 Å². The van der Waals surface area contributed by atoms with E-state index in [1.165, 1.54) is 0 Å². The van der Waals surface area contributed by atoms with Crippen LogP contribution >= 0.6 is 0 Å². The maximum atomic E-state index is 9.51. The molecule has 0 fully saturated rings. The van der Waals surface area contributed by atoms with Crippen molar-refractivity contribution in [3.8, 4) is 6.07 Å². The largest absolute Gasteiger partial charge is 0.327 e. The van der Waals surface area contributed by atoms with Crippen LogP contribution in [0, 0.1) is 36.0 Å². The third-order valence-corrected chi connectivity index (χ3v) is 6.14. The highest BCUT2D eigenvalue weighted by molar-refractivity contribution is 5.76. The van der Waals surface area contributed by atoms with Gasteiger partial charge in [0.2, 0.25) is 0 Å². The summed E-state index contributed by atoms with van der Waals surface area (Å²) in [5, 5.41) is 9.51. The molecule has 0 bridgehead atoms. The standard InChI is InChI=1S/C26H35N3/c1-7-9-22(14-17(2)15-27)19(4)20(5)24-12-13-25(29-21(24)6)26-18(3)10-8-11-23(26)16-28/h8,11-13,18-19,22H,2,5,7,9-10,14-15,27H2,1,3-4,6H3. The zero-order chi connectivity index (χ0) is 21.6. The number of nitrogens with zero attached hydrogens (tertiary/aromatic N) is 2. The quantitative estimate of drug-likeness (QED) is 0.509. The van der Waals surface area contributed by atoms with Crippen molar-refractivity contribution < 1.29 is 0 Å². The molecule has 29 heavy (non-hydrogen) atoms. The van der Waals surface area contributed by atoms with Crippen LogP contribution in [0.1, 0.15) is 63.4 Å². The lowest BCUT2D eigenvalue weighted by molar-refractivity contribution is 0.392. The Kier molecular flexibility index (Phi) is 8.17. The predicted octanol–water partition coefficient (Wildman–Crippen LogP) is 6.23. The molecule has 1 aromatic rings. The Morgan fingerprint density at radius 3 is 2.69 bits per heavy atom. The van der Waals surface area contributed by atoms with Crippen LogP contribution in [-0.2, 0) is 0 Å². The SMILES string of the molecule is C=C(CN)CC(CCC)C(C)C(=C)c1ccc(C2=C(C#N)C=CCC2C)nc1C. The molecule has 0 saturated heterocycles. The van der Waals surface area contributed by atoms with E-state index in [1.54, 1.807) is 0 Å². The fraction of sp³-hybridized carbons (Fsp3) is 0.462. The Hall–Kier alpha value is -2.44. The third kappa shape index (κ3) is 5.34. The Morgan fingerprint density at radius 2 is 2.10 bits per heavy atom. The maximum absolute atomic E-state index is 9.51. The Labute approximate surface area is 176 Å². The van der Waals surface area contributed by atoms with Gasteiger partial charge in [-0.05, 0) is 72.8 Å². The predicted molar refractivity (Wildman–Crippen MR) is 124 cm³/mol. The van der Waals surface area contributed by atoms with E-state index in [0.717, 1.165) is 64.9 Å². The van der Waals surface area contributed by atoms with Crippen molar-refractivity contribution in [1.82, 2.24) is 4.98 Å². The Bertz CT molecular complexity index is 866. The van der Waals surface area contributed by atoms with Gasteiger partial charge in [0.25, 0.3) is 0 Å². The van der Waals surface area contributed by atoms with Gasteiger partial charge in [-0.3, -0.25) is 4.98 Å². The first kappa shape index (κ1) is 22.8. The molecule has 3 heteroatoms. The van der Waals surface area contributed by atoms with Gasteiger partial charge in [0.05, 0.1) is 17.3 Å². The summed E-state index contributed by atoms with van der Waals surface area (Å²) in [4.78, 5) is 4.89. The number of pyridine rings is 1. The molecule has 3 atom stereocenters. The summed E-state index contributed by atoms with van der Waals surface area (Å²) in [5.41, 5.74) is 12.8. The molecule has 0 spiro atoms. The lowest BCUT2D eigenvalue weighted by atomic mass is 9.78. The molecule has 2 rings (SSSR count). The number of hydrogen-bond acceptors (Lipinski definition) is 3. The lowest BCUT2D eigenvalue weighted by Crippen LogP contribution is -2.17. The molecule has 0 saturated carbocycles. The number of allylic oxidation sites excluding steroid dienone is 5. The van der Waals surface area contributed by atoms with Gasteiger partial charge in [-0.2, -0.15) is 5.26 Å². The van der Waals surface area contributed by atoms with Gasteiger partial charge in [-0.1, -0.05) is 58.1 Å². The second-order valence-corrected chi connectivity index (χ2v) is 8.33. The lowest BCUT2D eigenvalue weighted by Gasteiger charge is -2.27. The Morgan fingerprint density at radius 1 is 1.38 bits per heavy atom. The third-order valence-electron chi connectivity index (χ3n) is 6.14. The van der Waals surface area contributed by atoms with Crippen molar-refractivity contribution >= 4 is 11.1 Å². The highest BCUT2D eigenvalue weighted by atomic mass is 14.7. The van der Waals surface area contributed by atoms with Crippen LogP contribution in [0.2, 0.25) is 0 Å². The van der Waals surface area contributed by atoms with Crippen molar-refractivity contribution in [2.24, 2.45) is 23.5 Å². The number of rotatable bonds is 9. The van der Waals surface area contributed by atoms with Crippen LogP contribution in [0.25, 0.3) is 11.1 Å². The molecule has 0 radical (unpaired) electrons. The van der Waals surface area contributed by atoms with Gasteiger partial charge in [0.15, 0.2) is 0 Å². The van der Waals surface area contributed by atoms with Crippen LogP contribution < -0.4 is 5.73 Å². The number of aryl methyl sites for hydroxylation is 1. The molecular weight excluding hydrogens is 354 g/mol. The van der Waals surface area contributed by atoms with Crippen LogP contribution in [0.4, 0.5) is 0 Å². The normalized spacial score (nSPS) is 18.3. The molecule has 154 valence electrons. The molecule has 1 aliphatic carbocycles. The van der Waals surface area contributed by atoms with E-state index in [4.69, 9.17) is 10.7 Å². The summed E-state index contributed by atoms with van der Waals surface area (Å²) in [6.45, 7) is 17.8. The molecule has 3 nitrogen and oxygen atoms in total. The minimum absolute atomic E-state index is 0.297. The van der Waals surface area contributed by atoms with Crippen molar-refractivity contribution in [1.29, 1.82) is 5.26 Å². The van der Waals surface area contributed by atoms with E-state index in [-0.39, 0.29) is 0 Å². The van der Waals surface area contributed by atoms with Gasteiger partial charge in [0.1, 0.15) is 0 Å². The number of nitriles is 1. The van der Waals surface area contributed by atoms with E-state index in [0.29, 0.717) is 24.3 Å². The van der Waals surface area contributed by atoms with E-state index < -0.39 is 0 Å². The van der Waals surface area contributed by atoms with E-state index in [2.05, 4.69) is 58.2 Å². The van der Waals surface area contributed by atoms with E-state index in [9.17, 15) is 5.26 Å². The molecule has 0 aromatic carbocycles. The first-order valence-electron chi connectivity index (χ1n) is 10.7. The summed E-state index contributed by atoms with van der Waals surface area (Å²) in [6, 6.07) is 6.51. The summed E-state index contributed by atoms with van der Waals surface area (Å²) < 4.78 is 0. The average molecular weight is 390 g/mol. The summed E-state index contributed by atoms with van der Waals surface area (Å²) in [5.74, 6) is 1.11. The molecule has 0 amide bonds. The van der Waals surface area contributed by atoms with E-state index in [1.807, 2.05) is 13.0 Å². The zero-order valence-corrected chi connectivity index (χ0v) is 18.5. The van der Waals surface area contributed by atoms with Crippen LogP contribution in [0.5, 0.6) is 0 Å². The van der Waals surface area contributed by atoms with Crippen molar-refractivity contribution in [3.05, 3.63) is 65.5 Å². The summed E-state index contributed by atoms with van der Waals surface area (Å²) in [6.07, 6.45) is 8.13. The van der Waals surface area contributed by atoms with Gasteiger partial charge < -0.3 is 5.73 Å². The highest BCUT2D eigenvalue weighted by Crippen LogP contribution is 2.37. The second kappa shape index (κ2) is 10.4. The van der Waals surface area contributed by atoms with Gasteiger partial charge >= 0.3 is 0 Å². The molecule has 0 aliphatic heterocycles. The van der Waals surface area contributed by atoms with Crippen LogP contribution in [-0.4, -0.2) is 11.5 Å². The first-order chi connectivity index (χ1) is 13.8. The van der Waals surface area contributed by atoms with Crippen molar-refractivity contribution in [3.63, 3.8) is 0 Å².